The third-order valence-corrected chi connectivity index (χ3v) is 4.99. The number of ether oxygens (including phenoxy) is 2. The van der Waals surface area contributed by atoms with Crippen molar-refractivity contribution in [1.29, 1.82) is 0 Å². The fourth-order valence-corrected chi connectivity index (χ4v) is 3.42. The molecule has 7 nitrogen and oxygen atoms in total. The molecule has 0 bridgehead atoms. The van der Waals surface area contributed by atoms with Crippen LogP contribution in [0.15, 0.2) is 51.8 Å². The second-order valence-electron chi connectivity index (χ2n) is 6.64. The zero-order chi connectivity index (χ0) is 21.5. The van der Waals surface area contributed by atoms with Gasteiger partial charge in [0.05, 0.1) is 11.4 Å². The molecule has 0 saturated heterocycles. The molecule has 0 N–H and O–H groups in total. The molecule has 3 aromatic rings. The first-order valence-corrected chi connectivity index (χ1v) is 10.5. The van der Waals surface area contributed by atoms with E-state index in [1.54, 1.807) is 18.2 Å². The van der Waals surface area contributed by atoms with Gasteiger partial charge in [-0.3, -0.25) is 9.59 Å². The minimum absolute atomic E-state index is 0.101. The fourth-order valence-electron chi connectivity index (χ4n) is 2.73. The first-order chi connectivity index (χ1) is 14.5. The van der Waals surface area contributed by atoms with Crippen LogP contribution in [0.4, 0.5) is 6.01 Å². The number of carbonyl (C=O) groups is 2. The Bertz CT molecular complexity index is 1000. The Morgan fingerprint density at radius 3 is 2.70 bits per heavy atom. The van der Waals surface area contributed by atoms with Crippen molar-refractivity contribution in [2.24, 2.45) is 0 Å². The SMILES string of the molecule is CCCC(=O)Oc1c(OCCN(C)c2nc3ccccc3o2)cccc1SC(C)=O. The number of rotatable bonds is 9. The lowest BCUT2D eigenvalue weighted by Gasteiger charge is -2.17. The van der Waals surface area contributed by atoms with Crippen LogP contribution in [0.2, 0.25) is 0 Å². The van der Waals surface area contributed by atoms with Gasteiger partial charge in [-0.15, -0.1) is 0 Å². The van der Waals surface area contributed by atoms with Gasteiger partial charge < -0.3 is 18.8 Å². The van der Waals surface area contributed by atoms with Crippen LogP contribution in [0.25, 0.3) is 11.1 Å². The van der Waals surface area contributed by atoms with Gasteiger partial charge in [-0.25, -0.2) is 0 Å². The number of likely N-dealkylation sites (N-methyl/N-ethyl adjacent to an activating group) is 1. The molecule has 8 heteroatoms. The van der Waals surface area contributed by atoms with E-state index in [1.807, 2.05) is 43.1 Å². The number of esters is 1. The van der Waals surface area contributed by atoms with Crippen molar-refractivity contribution < 1.29 is 23.5 Å². The van der Waals surface area contributed by atoms with E-state index in [1.165, 1.54) is 6.92 Å². The van der Waals surface area contributed by atoms with Crippen LogP contribution >= 0.6 is 11.8 Å². The second-order valence-corrected chi connectivity index (χ2v) is 7.85. The predicted octanol–water partition coefficient (Wildman–Crippen LogP) is 4.69. The molecular weight excluding hydrogens is 404 g/mol. The fraction of sp³-hybridized carbons (Fsp3) is 0.318. The summed E-state index contributed by atoms with van der Waals surface area (Å²) in [5.74, 6) is 0.333. The monoisotopic (exact) mass is 428 g/mol. The van der Waals surface area contributed by atoms with Gasteiger partial charge in [0.15, 0.2) is 22.2 Å². The van der Waals surface area contributed by atoms with Crippen LogP contribution in [-0.4, -0.2) is 36.3 Å². The summed E-state index contributed by atoms with van der Waals surface area (Å²) < 4.78 is 17.2. The van der Waals surface area contributed by atoms with Gasteiger partial charge in [-0.1, -0.05) is 25.1 Å². The summed E-state index contributed by atoms with van der Waals surface area (Å²) in [4.78, 5) is 30.5. The number of oxazole rings is 1. The van der Waals surface area contributed by atoms with Crippen molar-refractivity contribution in [1.82, 2.24) is 4.98 Å². The molecular formula is C22H24N2O5S. The Morgan fingerprint density at radius 2 is 1.97 bits per heavy atom. The Morgan fingerprint density at radius 1 is 1.17 bits per heavy atom. The van der Waals surface area contributed by atoms with Crippen molar-refractivity contribution in [3.8, 4) is 11.5 Å². The zero-order valence-electron chi connectivity index (χ0n) is 17.2. The average molecular weight is 429 g/mol. The number of hydrogen-bond acceptors (Lipinski definition) is 8. The van der Waals surface area contributed by atoms with Crippen LogP contribution in [0.1, 0.15) is 26.7 Å². The van der Waals surface area contributed by atoms with E-state index in [0.29, 0.717) is 42.7 Å². The number of hydrogen-bond donors (Lipinski definition) is 0. The Labute approximate surface area is 179 Å². The normalized spacial score (nSPS) is 10.8. The molecule has 0 spiro atoms. The Balaban J connectivity index is 1.70. The molecule has 0 amide bonds. The highest BCUT2D eigenvalue weighted by atomic mass is 32.2. The summed E-state index contributed by atoms with van der Waals surface area (Å²) in [6.45, 7) is 4.17. The van der Waals surface area contributed by atoms with Crippen LogP contribution in [-0.2, 0) is 9.59 Å². The molecule has 2 aromatic carbocycles. The largest absolute Gasteiger partial charge is 0.488 e. The number of nitrogens with zero attached hydrogens (tertiary/aromatic N) is 2. The van der Waals surface area contributed by atoms with Crippen molar-refractivity contribution in [3.63, 3.8) is 0 Å². The van der Waals surface area contributed by atoms with Crippen molar-refractivity contribution in [3.05, 3.63) is 42.5 Å². The van der Waals surface area contributed by atoms with E-state index in [9.17, 15) is 9.59 Å². The summed E-state index contributed by atoms with van der Waals surface area (Å²) in [7, 11) is 1.86. The van der Waals surface area contributed by atoms with Crippen molar-refractivity contribution >= 4 is 40.0 Å². The number of thioether (sulfide) groups is 1. The van der Waals surface area contributed by atoms with E-state index in [-0.39, 0.29) is 16.8 Å². The van der Waals surface area contributed by atoms with Crippen molar-refractivity contribution in [2.75, 3.05) is 25.1 Å². The molecule has 3 rings (SSSR count). The van der Waals surface area contributed by atoms with Crippen molar-refractivity contribution in [2.45, 2.75) is 31.6 Å². The van der Waals surface area contributed by atoms with Gasteiger partial charge >= 0.3 is 5.97 Å². The molecule has 0 fully saturated rings. The standard InChI is InChI=1S/C22H24N2O5S/c1-4-8-20(26)29-21-18(11-7-12-19(21)30-15(2)25)27-14-13-24(3)22-23-16-9-5-6-10-17(16)28-22/h5-7,9-12H,4,8,13-14H2,1-3H3. The van der Waals surface area contributed by atoms with Gasteiger partial charge in [-0.05, 0) is 42.4 Å². The maximum atomic E-state index is 12.1. The lowest BCUT2D eigenvalue weighted by atomic mass is 10.3. The Kier molecular flexibility index (Phi) is 7.35. The van der Waals surface area contributed by atoms with E-state index in [4.69, 9.17) is 13.9 Å². The lowest BCUT2D eigenvalue weighted by Crippen LogP contribution is -2.24. The third kappa shape index (κ3) is 5.54. The first kappa shape index (κ1) is 21.7. The van der Waals surface area contributed by atoms with E-state index >= 15 is 0 Å². The topological polar surface area (TPSA) is 81.9 Å². The zero-order valence-corrected chi connectivity index (χ0v) is 18.0. The number of anilines is 1. The molecule has 1 aromatic heterocycles. The first-order valence-electron chi connectivity index (χ1n) is 9.69. The molecule has 0 saturated carbocycles. The maximum absolute atomic E-state index is 12.1. The van der Waals surface area contributed by atoms with Crippen LogP contribution in [0.3, 0.4) is 0 Å². The summed E-state index contributed by atoms with van der Waals surface area (Å²) in [6, 6.07) is 13.3. The number of para-hydroxylation sites is 3. The summed E-state index contributed by atoms with van der Waals surface area (Å²) in [5.41, 5.74) is 1.51. The molecule has 158 valence electrons. The van der Waals surface area contributed by atoms with Gasteiger partial charge in [0.1, 0.15) is 12.1 Å². The third-order valence-electron chi connectivity index (χ3n) is 4.16. The molecule has 0 aliphatic heterocycles. The molecule has 0 aliphatic carbocycles. The van der Waals surface area contributed by atoms with Gasteiger partial charge in [0.25, 0.3) is 6.01 Å². The average Bonchev–Trinajstić information content (AvgIpc) is 3.14. The molecule has 0 unspecified atom stereocenters. The predicted molar refractivity (Wildman–Crippen MR) is 116 cm³/mol. The minimum Gasteiger partial charge on any atom is -0.488 e. The van der Waals surface area contributed by atoms with Crippen LogP contribution < -0.4 is 14.4 Å². The van der Waals surface area contributed by atoms with Gasteiger partial charge in [0.2, 0.25) is 0 Å². The summed E-state index contributed by atoms with van der Waals surface area (Å²) in [5, 5.41) is -0.101. The highest BCUT2D eigenvalue weighted by Gasteiger charge is 2.17. The number of benzene rings is 2. The number of fused-ring (bicyclic) bond motifs is 1. The van der Waals surface area contributed by atoms with E-state index in [2.05, 4.69) is 4.98 Å². The molecule has 0 aliphatic rings. The molecule has 30 heavy (non-hydrogen) atoms. The summed E-state index contributed by atoms with van der Waals surface area (Å²) in [6.07, 6.45) is 0.964. The lowest BCUT2D eigenvalue weighted by molar-refractivity contribution is -0.134. The smallest absolute Gasteiger partial charge is 0.311 e. The second kappa shape index (κ2) is 10.2. The molecule has 0 atom stereocenters. The van der Waals surface area contributed by atoms with E-state index in [0.717, 1.165) is 22.9 Å². The molecule has 1 heterocycles. The maximum Gasteiger partial charge on any atom is 0.311 e. The Hall–Kier alpha value is -3.00. The number of aromatic nitrogens is 1. The van der Waals surface area contributed by atoms with Crippen LogP contribution in [0, 0.1) is 0 Å². The van der Waals surface area contributed by atoms with E-state index < -0.39 is 0 Å². The number of carbonyl (C=O) groups excluding carboxylic acids is 2. The molecule has 0 radical (unpaired) electrons. The van der Waals surface area contributed by atoms with Crippen LogP contribution in [0.5, 0.6) is 11.5 Å². The van der Waals surface area contributed by atoms with Gasteiger partial charge in [-0.2, -0.15) is 4.98 Å². The quantitative estimate of drug-likeness (QED) is 0.276. The highest BCUT2D eigenvalue weighted by Crippen LogP contribution is 2.38. The summed E-state index contributed by atoms with van der Waals surface area (Å²) >= 11 is 1.01. The van der Waals surface area contributed by atoms with Gasteiger partial charge in [0, 0.05) is 20.4 Å². The minimum atomic E-state index is -0.359. The highest BCUT2D eigenvalue weighted by molar-refractivity contribution is 8.13.